The zero-order valence-corrected chi connectivity index (χ0v) is 10.3. The molecule has 1 aliphatic carbocycles. The summed E-state index contributed by atoms with van der Waals surface area (Å²) in [5, 5.41) is 11.3. The first-order chi connectivity index (χ1) is 8.61. The van der Waals surface area contributed by atoms with Crippen LogP contribution >= 0.6 is 0 Å². The van der Waals surface area contributed by atoms with E-state index in [1.165, 1.54) is 0 Å². The number of aliphatic carboxylic acids is 1. The molecular formula is C15H15NO2. The number of pyridine rings is 1. The second-order valence-electron chi connectivity index (χ2n) is 5.18. The highest BCUT2D eigenvalue weighted by Gasteiger charge is 2.45. The van der Waals surface area contributed by atoms with Crippen LogP contribution in [0.25, 0.3) is 10.8 Å². The number of rotatable bonds is 3. The monoisotopic (exact) mass is 241 g/mol. The van der Waals surface area contributed by atoms with Gasteiger partial charge in [0.05, 0.1) is 6.42 Å². The summed E-state index contributed by atoms with van der Waals surface area (Å²) < 4.78 is 0. The number of aromatic nitrogens is 1. The minimum absolute atomic E-state index is 0.123. The van der Waals surface area contributed by atoms with Gasteiger partial charge < -0.3 is 5.11 Å². The lowest BCUT2D eigenvalue weighted by Crippen LogP contribution is -2.12. The third-order valence-electron chi connectivity index (χ3n) is 3.92. The Labute approximate surface area is 105 Å². The van der Waals surface area contributed by atoms with E-state index in [0.29, 0.717) is 0 Å². The van der Waals surface area contributed by atoms with Gasteiger partial charge in [-0.05, 0) is 42.8 Å². The summed E-state index contributed by atoms with van der Waals surface area (Å²) in [4.78, 5) is 15.2. The average molecular weight is 241 g/mol. The summed E-state index contributed by atoms with van der Waals surface area (Å²) >= 11 is 0. The van der Waals surface area contributed by atoms with Crippen molar-refractivity contribution < 1.29 is 9.90 Å². The fourth-order valence-electron chi connectivity index (χ4n) is 2.65. The Kier molecular flexibility index (Phi) is 2.37. The molecule has 18 heavy (non-hydrogen) atoms. The van der Waals surface area contributed by atoms with Crippen molar-refractivity contribution in [3.05, 3.63) is 41.7 Å². The third-order valence-corrected chi connectivity index (χ3v) is 3.92. The van der Waals surface area contributed by atoms with Gasteiger partial charge in [0.25, 0.3) is 0 Å². The van der Waals surface area contributed by atoms with E-state index in [1.807, 2.05) is 19.2 Å². The van der Waals surface area contributed by atoms with Crippen LogP contribution in [-0.2, 0) is 10.2 Å². The van der Waals surface area contributed by atoms with E-state index in [0.717, 1.165) is 34.9 Å². The smallest absolute Gasteiger partial charge is 0.304 e. The summed E-state index contributed by atoms with van der Waals surface area (Å²) in [6.07, 6.45) is 3.99. The second-order valence-corrected chi connectivity index (χ2v) is 5.18. The Morgan fingerprint density at radius 2 is 2.17 bits per heavy atom. The normalized spacial score (nSPS) is 16.7. The van der Waals surface area contributed by atoms with Gasteiger partial charge in [0.15, 0.2) is 0 Å². The summed E-state index contributed by atoms with van der Waals surface area (Å²) in [5.41, 5.74) is 2.02. The van der Waals surface area contributed by atoms with E-state index in [-0.39, 0.29) is 11.8 Å². The summed E-state index contributed by atoms with van der Waals surface area (Å²) in [7, 11) is 0. The number of carbonyl (C=O) groups is 1. The molecule has 1 saturated carbocycles. The molecule has 0 radical (unpaired) electrons. The molecule has 0 bridgehead atoms. The van der Waals surface area contributed by atoms with E-state index in [4.69, 9.17) is 5.11 Å². The predicted octanol–water partition coefficient (Wildman–Crippen LogP) is 3.05. The summed E-state index contributed by atoms with van der Waals surface area (Å²) in [5.74, 6) is -0.712. The van der Waals surface area contributed by atoms with Crippen LogP contribution in [0.15, 0.2) is 30.5 Å². The molecule has 92 valence electrons. The first kappa shape index (κ1) is 11.2. The number of carboxylic acid groups (broad SMARTS) is 1. The first-order valence-corrected chi connectivity index (χ1v) is 6.18. The van der Waals surface area contributed by atoms with E-state index >= 15 is 0 Å². The Morgan fingerprint density at radius 3 is 2.83 bits per heavy atom. The van der Waals surface area contributed by atoms with E-state index < -0.39 is 5.97 Å². The van der Waals surface area contributed by atoms with Crippen LogP contribution in [0.4, 0.5) is 0 Å². The highest BCUT2D eigenvalue weighted by atomic mass is 16.4. The van der Waals surface area contributed by atoms with Gasteiger partial charge in [0.2, 0.25) is 0 Å². The van der Waals surface area contributed by atoms with Gasteiger partial charge in [-0.1, -0.05) is 12.1 Å². The van der Waals surface area contributed by atoms with E-state index in [9.17, 15) is 4.79 Å². The van der Waals surface area contributed by atoms with Crippen LogP contribution in [0.1, 0.15) is 30.5 Å². The van der Waals surface area contributed by atoms with Crippen LogP contribution in [0.2, 0.25) is 0 Å². The van der Waals surface area contributed by atoms with Gasteiger partial charge in [0, 0.05) is 22.7 Å². The standard InChI is InChI=1S/C15H15NO2/c1-10-13-8-12(3-2-11(13)4-7-16-10)15(5-6-15)9-14(17)18/h2-4,7-8H,5-6,9H2,1H3,(H,17,18). The van der Waals surface area contributed by atoms with Crippen molar-refractivity contribution in [2.45, 2.75) is 31.6 Å². The van der Waals surface area contributed by atoms with Crippen LogP contribution in [0, 0.1) is 6.92 Å². The summed E-state index contributed by atoms with van der Waals surface area (Å²) in [6, 6.07) is 8.25. The summed E-state index contributed by atoms with van der Waals surface area (Å²) in [6.45, 7) is 1.99. The third kappa shape index (κ3) is 1.76. The van der Waals surface area contributed by atoms with Crippen molar-refractivity contribution >= 4 is 16.7 Å². The van der Waals surface area contributed by atoms with Crippen LogP contribution in [0.3, 0.4) is 0 Å². The molecule has 0 saturated heterocycles. The predicted molar refractivity (Wildman–Crippen MR) is 69.6 cm³/mol. The molecule has 3 heteroatoms. The van der Waals surface area contributed by atoms with Crippen molar-refractivity contribution in [2.24, 2.45) is 0 Å². The van der Waals surface area contributed by atoms with E-state index in [2.05, 4.69) is 23.2 Å². The lowest BCUT2D eigenvalue weighted by atomic mass is 9.90. The molecular weight excluding hydrogens is 226 g/mol. The molecule has 1 aromatic carbocycles. The van der Waals surface area contributed by atoms with Gasteiger partial charge in [-0.3, -0.25) is 9.78 Å². The maximum absolute atomic E-state index is 10.9. The number of carboxylic acids is 1. The topological polar surface area (TPSA) is 50.2 Å². The number of benzene rings is 1. The van der Waals surface area contributed by atoms with Gasteiger partial charge in [-0.2, -0.15) is 0 Å². The number of nitrogens with zero attached hydrogens (tertiary/aromatic N) is 1. The largest absolute Gasteiger partial charge is 0.481 e. The van der Waals surface area contributed by atoms with Gasteiger partial charge >= 0.3 is 5.97 Å². The quantitative estimate of drug-likeness (QED) is 0.898. The van der Waals surface area contributed by atoms with Crippen molar-refractivity contribution in [3.63, 3.8) is 0 Å². The minimum Gasteiger partial charge on any atom is -0.481 e. The maximum Gasteiger partial charge on any atom is 0.304 e. The van der Waals surface area contributed by atoms with Crippen LogP contribution < -0.4 is 0 Å². The molecule has 0 unspecified atom stereocenters. The molecule has 0 aliphatic heterocycles. The molecule has 1 aromatic heterocycles. The minimum atomic E-state index is -0.712. The lowest BCUT2D eigenvalue weighted by Gasteiger charge is -2.14. The fraction of sp³-hybridized carbons (Fsp3) is 0.333. The average Bonchev–Trinajstić information content (AvgIpc) is 3.09. The van der Waals surface area contributed by atoms with Crippen molar-refractivity contribution in [1.29, 1.82) is 0 Å². The Balaban J connectivity index is 2.09. The number of fused-ring (bicyclic) bond motifs is 1. The van der Waals surface area contributed by atoms with Gasteiger partial charge in [-0.15, -0.1) is 0 Å². The van der Waals surface area contributed by atoms with Crippen molar-refractivity contribution in [2.75, 3.05) is 0 Å². The molecule has 1 aliphatic rings. The molecule has 3 nitrogen and oxygen atoms in total. The zero-order valence-electron chi connectivity index (χ0n) is 10.3. The Bertz CT molecular complexity index is 629. The molecule has 1 N–H and O–H groups in total. The fourth-order valence-corrected chi connectivity index (χ4v) is 2.65. The maximum atomic E-state index is 10.9. The zero-order chi connectivity index (χ0) is 12.8. The van der Waals surface area contributed by atoms with Crippen LogP contribution in [0.5, 0.6) is 0 Å². The molecule has 0 spiro atoms. The highest BCUT2D eigenvalue weighted by Crippen LogP contribution is 2.51. The first-order valence-electron chi connectivity index (χ1n) is 6.18. The molecule has 1 fully saturated rings. The Hall–Kier alpha value is -1.90. The second kappa shape index (κ2) is 3.80. The van der Waals surface area contributed by atoms with E-state index in [1.54, 1.807) is 0 Å². The molecule has 2 aromatic rings. The molecule has 3 rings (SSSR count). The lowest BCUT2D eigenvalue weighted by molar-refractivity contribution is -0.137. The van der Waals surface area contributed by atoms with Gasteiger partial charge in [-0.25, -0.2) is 0 Å². The SMILES string of the molecule is Cc1nccc2ccc(C3(CC(=O)O)CC3)cc12. The molecule has 0 amide bonds. The van der Waals surface area contributed by atoms with Crippen molar-refractivity contribution in [3.8, 4) is 0 Å². The molecule has 0 atom stereocenters. The highest BCUT2D eigenvalue weighted by molar-refractivity contribution is 5.85. The number of hydrogen-bond acceptors (Lipinski definition) is 2. The van der Waals surface area contributed by atoms with Gasteiger partial charge in [0.1, 0.15) is 0 Å². The molecule has 1 heterocycles. The Morgan fingerprint density at radius 1 is 1.39 bits per heavy atom. The number of aryl methyl sites for hydroxylation is 1. The van der Waals surface area contributed by atoms with Crippen LogP contribution in [-0.4, -0.2) is 16.1 Å². The number of hydrogen-bond donors (Lipinski definition) is 1. The van der Waals surface area contributed by atoms with Crippen molar-refractivity contribution in [1.82, 2.24) is 4.98 Å².